The summed E-state index contributed by atoms with van der Waals surface area (Å²) in [6.45, 7) is 9.50. The van der Waals surface area contributed by atoms with Gasteiger partial charge in [0.05, 0.1) is 17.8 Å². The lowest BCUT2D eigenvalue weighted by atomic mass is 10.1. The van der Waals surface area contributed by atoms with Crippen LogP contribution in [-0.2, 0) is 19.2 Å². The van der Waals surface area contributed by atoms with Crippen molar-refractivity contribution in [3.05, 3.63) is 77.5 Å². The third-order valence-electron chi connectivity index (χ3n) is 7.24. The van der Waals surface area contributed by atoms with Crippen molar-refractivity contribution in [2.75, 3.05) is 23.3 Å². The lowest BCUT2D eigenvalue weighted by Crippen LogP contribution is -2.23. The first-order valence-corrected chi connectivity index (χ1v) is 13.2. The summed E-state index contributed by atoms with van der Waals surface area (Å²) in [5, 5.41) is 15.5. The molecule has 1 aliphatic heterocycles. The first-order chi connectivity index (χ1) is 18.7. The Bertz CT molecular complexity index is 1770. The van der Waals surface area contributed by atoms with Crippen LogP contribution in [0.3, 0.4) is 0 Å². The van der Waals surface area contributed by atoms with Crippen LogP contribution in [0.25, 0.3) is 27.8 Å². The van der Waals surface area contributed by atoms with Gasteiger partial charge in [0, 0.05) is 49.3 Å². The highest BCUT2D eigenvalue weighted by Gasteiger charge is 2.22. The zero-order valence-corrected chi connectivity index (χ0v) is 22.4. The highest BCUT2D eigenvalue weighted by Crippen LogP contribution is 2.34. The van der Waals surface area contributed by atoms with E-state index in [1.165, 1.54) is 28.6 Å². The molecule has 1 saturated heterocycles. The molecule has 0 aliphatic carbocycles. The number of fused-ring (bicyclic) bond motifs is 2. The standard InChI is InChI=1S/C29H32N8O2/c1-5-12-36-27(38)21-18-30-28(33-26(21)37(36)25-10-8-9-24(32-25)29(2,3)39)31-19-16-22-20(11-15-34(22)4)23(17-19)35-13-6-7-14-35/h5,8-11,15-18,39H,1,6-7,12-14H2,2-4H3,(H,30,31,33). The molecule has 4 aromatic heterocycles. The van der Waals surface area contributed by atoms with Crippen molar-refractivity contribution in [3.63, 3.8) is 0 Å². The summed E-state index contributed by atoms with van der Waals surface area (Å²) in [5.41, 5.74) is 2.69. The molecule has 6 rings (SSSR count). The molecule has 5 heterocycles. The van der Waals surface area contributed by atoms with Crippen LogP contribution in [0.5, 0.6) is 0 Å². The smallest absolute Gasteiger partial charge is 0.278 e. The molecule has 0 bridgehead atoms. The number of benzene rings is 1. The Morgan fingerprint density at radius 3 is 2.67 bits per heavy atom. The van der Waals surface area contributed by atoms with Gasteiger partial charge in [-0.15, -0.1) is 6.58 Å². The average molecular weight is 525 g/mol. The Morgan fingerprint density at radius 2 is 1.92 bits per heavy atom. The fraction of sp³-hybridized carbons (Fsp3) is 0.310. The molecule has 39 heavy (non-hydrogen) atoms. The number of aromatic nitrogens is 6. The minimum Gasteiger partial charge on any atom is -0.384 e. The van der Waals surface area contributed by atoms with Gasteiger partial charge in [-0.2, -0.15) is 4.98 Å². The number of rotatable bonds is 7. The number of hydrogen-bond donors (Lipinski definition) is 2. The molecule has 0 atom stereocenters. The van der Waals surface area contributed by atoms with Gasteiger partial charge in [0.2, 0.25) is 5.95 Å². The van der Waals surface area contributed by atoms with Crippen LogP contribution >= 0.6 is 0 Å². The molecular formula is C29H32N8O2. The summed E-state index contributed by atoms with van der Waals surface area (Å²) >= 11 is 0. The molecule has 1 fully saturated rings. The largest absolute Gasteiger partial charge is 0.384 e. The van der Waals surface area contributed by atoms with Crippen LogP contribution in [0.1, 0.15) is 32.4 Å². The summed E-state index contributed by atoms with van der Waals surface area (Å²) in [7, 11) is 2.04. The quantitative estimate of drug-likeness (QED) is 0.307. The third-order valence-corrected chi connectivity index (χ3v) is 7.24. The van der Waals surface area contributed by atoms with E-state index >= 15 is 0 Å². The van der Waals surface area contributed by atoms with Crippen LogP contribution in [0.4, 0.5) is 17.3 Å². The van der Waals surface area contributed by atoms with E-state index < -0.39 is 5.60 Å². The molecule has 10 heteroatoms. The number of nitrogens with one attached hydrogen (secondary N) is 1. The molecule has 200 valence electrons. The van der Waals surface area contributed by atoms with E-state index in [4.69, 9.17) is 4.98 Å². The van der Waals surface area contributed by atoms with E-state index in [-0.39, 0.29) is 12.1 Å². The maximum absolute atomic E-state index is 13.3. The van der Waals surface area contributed by atoms with E-state index in [1.54, 1.807) is 49.0 Å². The predicted molar refractivity (Wildman–Crippen MR) is 154 cm³/mol. The summed E-state index contributed by atoms with van der Waals surface area (Å²) in [4.78, 5) is 29.7. The monoisotopic (exact) mass is 524 g/mol. The molecule has 0 saturated carbocycles. The molecule has 1 aromatic carbocycles. The van der Waals surface area contributed by atoms with Gasteiger partial charge in [-0.3, -0.25) is 4.79 Å². The Morgan fingerprint density at radius 1 is 1.13 bits per heavy atom. The van der Waals surface area contributed by atoms with E-state index in [0.29, 0.717) is 28.5 Å². The second-order valence-electron chi connectivity index (χ2n) is 10.5. The fourth-order valence-corrected chi connectivity index (χ4v) is 5.26. The lowest BCUT2D eigenvalue weighted by Gasteiger charge is -2.20. The van der Waals surface area contributed by atoms with Crippen molar-refractivity contribution in [2.24, 2.45) is 7.05 Å². The highest BCUT2D eigenvalue weighted by molar-refractivity contribution is 5.96. The highest BCUT2D eigenvalue weighted by atomic mass is 16.3. The topological polar surface area (TPSA) is 106 Å². The van der Waals surface area contributed by atoms with E-state index in [2.05, 4.69) is 55.7 Å². The SMILES string of the molecule is C=CCn1c(=O)c2cnc(Nc3cc(N4CCCC4)c4ccn(C)c4c3)nc2n1-c1cccc(C(C)(C)O)n1. The van der Waals surface area contributed by atoms with Crippen molar-refractivity contribution < 1.29 is 5.11 Å². The summed E-state index contributed by atoms with van der Waals surface area (Å²) < 4.78 is 5.30. The molecule has 0 spiro atoms. The number of allylic oxidation sites excluding steroid dienone is 1. The number of pyridine rings is 1. The van der Waals surface area contributed by atoms with Crippen molar-refractivity contribution >= 4 is 39.3 Å². The van der Waals surface area contributed by atoms with Crippen molar-refractivity contribution in [3.8, 4) is 5.82 Å². The minimum atomic E-state index is -1.15. The Kier molecular flexibility index (Phi) is 5.99. The van der Waals surface area contributed by atoms with E-state index in [1.807, 2.05) is 7.05 Å². The van der Waals surface area contributed by atoms with Gasteiger partial charge in [-0.25, -0.2) is 19.3 Å². The maximum atomic E-state index is 13.3. The number of hydrogen-bond acceptors (Lipinski definition) is 7. The Hall–Kier alpha value is -4.44. The van der Waals surface area contributed by atoms with Crippen LogP contribution in [0.2, 0.25) is 0 Å². The number of aliphatic hydroxyl groups is 1. The zero-order valence-electron chi connectivity index (χ0n) is 22.4. The molecule has 10 nitrogen and oxygen atoms in total. The van der Waals surface area contributed by atoms with Gasteiger partial charge >= 0.3 is 0 Å². The van der Waals surface area contributed by atoms with Gasteiger partial charge in [-0.05, 0) is 57.0 Å². The second kappa shape index (κ2) is 9.39. The first-order valence-electron chi connectivity index (χ1n) is 13.2. The van der Waals surface area contributed by atoms with Crippen molar-refractivity contribution in [2.45, 2.75) is 38.8 Å². The third kappa shape index (κ3) is 4.36. The lowest BCUT2D eigenvalue weighted by molar-refractivity contribution is 0.0738. The van der Waals surface area contributed by atoms with E-state index in [9.17, 15) is 9.90 Å². The summed E-state index contributed by atoms with van der Waals surface area (Å²) in [6.07, 6.45) is 7.65. The molecule has 1 aliphatic rings. The first kappa shape index (κ1) is 24.9. The second-order valence-corrected chi connectivity index (χ2v) is 10.5. The van der Waals surface area contributed by atoms with E-state index in [0.717, 1.165) is 24.3 Å². The molecular weight excluding hydrogens is 492 g/mol. The van der Waals surface area contributed by atoms with Gasteiger partial charge in [0.15, 0.2) is 11.5 Å². The van der Waals surface area contributed by atoms with Crippen molar-refractivity contribution in [1.29, 1.82) is 0 Å². The number of anilines is 3. The fourth-order valence-electron chi connectivity index (χ4n) is 5.26. The average Bonchev–Trinajstić information content (AvgIpc) is 3.63. The molecule has 0 radical (unpaired) electrons. The van der Waals surface area contributed by atoms with Gasteiger partial charge < -0.3 is 19.9 Å². The maximum Gasteiger partial charge on any atom is 0.278 e. The summed E-state index contributed by atoms with van der Waals surface area (Å²) in [5.74, 6) is 0.835. The molecule has 2 N–H and O–H groups in total. The minimum absolute atomic E-state index is 0.242. The van der Waals surface area contributed by atoms with Crippen LogP contribution < -0.4 is 15.8 Å². The van der Waals surface area contributed by atoms with Gasteiger partial charge in [0.1, 0.15) is 11.0 Å². The predicted octanol–water partition coefficient (Wildman–Crippen LogP) is 4.23. The molecule has 0 amide bonds. The molecule has 0 unspecified atom stereocenters. The number of nitrogens with zero attached hydrogens (tertiary/aromatic N) is 7. The van der Waals surface area contributed by atoms with Crippen molar-refractivity contribution in [1.82, 2.24) is 28.9 Å². The Balaban J connectivity index is 1.48. The van der Waals surface area contributed by atoms with Crippen LogP contribution in [0.15, 0.2) is 66.2 Å². The Labute approximate surface area is 225 Å². The van der Waals surface area contributed by atoms with Gasteiger partial charge in [0.25, 0.3) is 5.56 Å². The summed E-state index contributed by atoms with van der Waals surface area (Å²) in [6, 6.07) is 11.7. The van der Waals surface area contributed by atoms with Crippen LogP contribution in [0, 0.1) is 0 Å². The zero-order chi connectivity index (χ0) is 27.3. The normalized spacial score (nSPS) is 14.0. The number of aryl methyl sites for hydroxylation is 1. The van der Waals surface area contributed by atoms with Crippen LogP contribution in [-0.4, -0.2) is 47.1 Å². The molecule has 5 aromatic rings. The van der Waals surface area contributed by atoms with Gasteiger partial charge in [-0.1, -0.05) is 12.1 Å².